The van der Waals surface area contributed by atoms with Crippen molar-refractivity contribution < 1.29 is 9.90 Å². The average Bonchev–Trinajstić information content (AvgIpc) is 2.91. The Labute approximate surface area is 114 Å². The van der Waals surface area contributed by atoms with E-state index in [1.807, 2.05) is 17.5 Å². The SMILES string of the molecule is O=C(O)c1scc(C2Cc3ccccc3C2)c1Cl. The predicted octanol–water partition coefficient (Wildman–Crippen LogP) is 3.98. The fourth-order valence-electron chi connectivity index (χ4n) is 2.56. The fourth-order valence-corrected chi connectivity index (χ4v) is 3.92. The number of halogens is 1. The van der Waals surface area contributed by atoms with Gasteiger partial charge >= 0.3 is 5.97 Å². The Bertz CT molecular complexity index is 593. The lowest BCUT2D eigenvalue weighted by Crippen LogP contribution is -1.99. The van der Waals surface area contributed by atoms with E-state index < -0.39 is 5.97 Å². The van der Waals surface area contributed by atoms with Crippen molar-refractivity contribution in [1.82, 2.24) is 0 Å². The second kappa shape index (κ2) is 4.41. The first-order valence-electron chi connectivity index (χ1n) is 5.73. The first-order valence-corrected chi connectivity index (χ1v) is 6.99. The van der Waals surface area contributed by atoms with Crippen LogP contribution < -0.4 is 0 Å². The molecule has 1 aliphatic rings. The van der Waals surface area contributed by atoms with Crippen molar-refractivity contribution in [3.05, 3.63) is 56.2 Å². The summed E-state index contributed by atoms with van der Waals surface area (Å²) in [5.74, 6) is -0.619. The number of carboxylic acid groups (broad SMARTS) is 1. The maximum atomic E-state index is 11.0. The Kier molecular flexibility index (Phi) is 2.88. The molecular weight excluding hydrogens is 268 g/mol. The van der Waals surface area contributed by atoms with Crippen molar-refractivity contribution in [2.45, 2.75) is 18.8 Å². The maximum absolute atomic E-state index is 11.0. The number of rotatable bonds is 2. The second-order valence-corrected chi connectivity index (χ2v) is 5.77. The summed E-state index contributed by atoms with van der Waals surface area (Å²) in [6.45, 7) is 0. The molecule has 0 spiro atoms. The van der Waals surface area contributed by atoms with E-state index in [1.54, 1.807) is 0 Å². The number of hydrogen-bond donors (Lipinski definition) is 1. The molecule has 1 aliphatic carbocycles. The summed E-state index contributed by atoms with van der Waals surface area (Å²) in [6.07, 6.45) is 1.90. The Morgan fingerprint density at radius 3 is 2.39 bits per heavy atom. The van der Waals surface area contributed by atoms with Crippen LogP contribution in [0.1, 0.15) is 32.3 Å². The number of thiophene rings is 1. The van der Waals surface area contributed by atoms with Gasteiger partial charge in [-0.25, -0.2) is 4.79 Å². The number of carboxylic acids is 1. The molecular formula is C14H11ClO2S. The normalized spacial score (nSPS) is 14.7. The van der Waals surface area contributed by atoms with E-state index in [4.69, 9.17) is 16.7 Å². The lowest BCUT2D eigenvalue weighted by molar-refractivity contribution is 0.0702. The third-order valence-electron chi connectivity index (χ3n) is 3.44. The summed E-state index contributed by atoms with van der Waals surface area (Å²) in [4.78, 5) is 11.2. The molecule has 0 aliphatic heterocycles. The van der Waals surface area contributed by atoms with Crippen molar-refractivity contribution in [3.63, 3.8) is 0 Å². The van der Waals surface area contributed by atoms with Crippen LogP contribution in [0.2, 0.25) is 5.02 Å². The Morgan fingerprint density at radius 1 is 1.28 bits per heavy atom. The van der Waals surface area contributed by atoms with Crippen molar-refractivity contribution in [2.24, 2.45) is 0 Å². The zero-order valence-corrected chi connectivity index (χ0v) is 11.1. The molecule has 0 saturated carbocycles. The van der Waals surface area contributed by atoms with Crippen LogP contribution in [-0.4, -0.2) is 11.1 Å². The standard InChI is InChI=1S/C14H11ClO2S/c15-12-11(7-18-13(12)14(16)17)10-5-8-3-1-2-4-9(8)6-10/h1-4,7,10H,5-6H2,(H,16,17). The summed E-state index contributed by atoms with van der Waals surface area (Å²) in [5, 5.41) is 11.3. The average molecular weight is 279 g/mol. The van der Waals surface area contributed by atoms with Gasteiger partial charge in [-0.05, 0) is 40.8 Å². The van der Waals surface area contributed by atoms with Crippen LogP contribution in [0.5, 0.6) is 0 Å². The third kappa shape index (κ3) is 1.84. The van der Waals surface area contributed by atoms with Crippen molar-refractivity contribution >= 4 is 28.9 Å². The molecule has 0 radical (unpaired) electrons. The van der Waals surface area contributed by atoms with Gasteiger partial charge in [0.2, 0.25) is 0 Å². The zero-order valence-electron chi connectivity index (χ0n) is 9.52. The molecule has 1 aromatic carbocycles. The van der Waals surface area contributed by atoms with Crippen molar-refractivity contribution in [2.75, 3.05) is 0 Å². The molecule has 92 valence electrons. The van der Waals surface area contributed by atoms with Crippen LogP contribution in [-0.2, 0) is 12.8 Å². The van der Waals surface area contributed by atoms with Gasteiger partial charge in [0.1, 0.15) is 4.88 Å². The molecule has 0 fully saturated rings. The van der Waals surface area contributed by atoms with E-state index in [1.165, 1.54) is 22.5 Å². The van der Waals surface area contributed by atoms with E-state index >= 15 is 0 Å². The topological polar surface area (TPSA) is 37.3 Å². The first kappa shape index (κ1) is 11.8. The van der Waals surface area contributed by atoms with E-state index in [-0.39, 0.29) is 4.88 Å². The minimum absolute atomic E-state index is 0.252. The van der Waals surface area contributed by atoms with Crippen LogP contribution in [0.4, 0.5) is 0 Å². The minimum Gasteiger partial charge on any atom is -0.477 e. The van der Waals surface area contributed by atoms with Gasteiger partial charge < -0.3 is 5.11 Å². The van der Waals surface area contributed by atoms with E-state index in [2.05, 4.69) is 12.1 Å². The third-order valence-corrected chi connectivity index (χ3v) is 4.95. The number of hydrogen-bond acceptors (Lipinski definition) is 2. The second-order valence-electron chi connectivity index (χ2n) is 4.51. The van der Waals surface area contributed by atoms with Gasteiger partial charge in [0.25, 0.3) is 0 Å². The van der Waals surface area contributed by atoms with Gasteiger partial charge in [0, 0.05) is 0 Å². The predicted molar refractivity (Wildman–Crippen MR) is 72.9 cm³/mol. The summed E-state index contributed by atoms with van der Waals surface area (Å²) in [6, 6.07) is 8.35. The largest absolute Gasteiger partial charge is 0.477 e. The van der Waals surface area contributed by atoms with Crippen LogP contribution in [0.15, 0.2) is 29.6 Å². The number of fused-ring (bicyclic) bond motifs is 1. The summed E-state index contributed by atoms with van der Waals surface area (Å²) in [7, 11) is 0. The number of benzene rings is 1. The van der Waals surface area contributed by atoms with E-state index in [0.29, 0.717) is 10.9 Å². The van der Waals surface area contributed by atoms with Crippen LogP contribution in [0.25, 0.3) is 0 Å². The van der Waals surface area contributed by atoms with Crippen LogP contribution >= 0.6 is 22.9 Å². The molecule has 0 bridgehead atoms. The molecule has 1 N–H and O–H groups in total. The molecule has 0 unspecified atom stereocenters. The zero-order chi connectivity index (χ0) is 12.7. The fraction of sp³-hybridized carbons (Fsp3) is 0.214. The molecule has 2 aromatic rings. The first-order chi connectivity index (χ1) is 8.66. The monoisotopic (exact) mass is 278 g/mol. The molecule has 0 atom stereocenters. The van der Waals surface area contributed by atoms with Crippen LogP contribution in [0.3, 0.4) is 0 Å². The van der Waals surface area contributed by atoms with Gasteiger partial charge in [-0.2, -0.15) is 0 Å². The summed E-state index contributed by atoms with van der Waals surface area (Å²) in [5.41, 5.74) is 3.68. The highest BCUT2D eigenvalue weighted by Crippen LogP contribution is 2.40. The molecule has 3 rings (SSSR count). The van der Waals surface area contributed by atoms with Crippen LogP contribution in [0, 0.1) is 0 Å². The van der Waals surface area contributed by atoms with Crippen molar-refractivity contribution in [3.8, 4) is 0 Å². The Hall–Kier alpha value is -1.32. The Morgan fingerprint density at radius 2 is 1.89 bits per heavy atom. The highest BCUT2D eigenvalue weighted by Gasteiger charge is 2.27. The minimum atomic E-state index is -0.938. The van der Waals surface area contributed by atoms with Gasteiger partial charge in [0.05, 0.1) is 5.02 Å². The van der Waals surface area contributed by atoms with Gasteiger partial charge in [-0.15, -0.1) is 11.3 Å². The molecule has 4 heteroatoms. The van der Waals surface area contributed by atoms with Gasteiger partial charge in [0.15, 0.2) is 0 Å². The molecule has 0 amide bonds. The number of aromatic carboxylic acids is 1. The Balaban J connectivity index is 1.93. The molecule has 1 aromatic heterocycles. The summed E-state index contributed by atoms with van der Waals surface area (Å²) >= 11 is 7.39. The quantitative estimate of drug-likeness (QED) is 0.902. The highest BCUT2D eigenvalue weighted by molar-refractivity contribution is 7.12. The lowest BCUT2D eigenvalue weighted by atomic mass is 9.99. The smallest absolute Gasteiger partial charge is 0.347 e. The lowest BCUT2D eigenvalue weighted by Gasteiger charge is -2.07. The maximum Gasteiger partial charge on any atom is 0.347 e. The van der Waals surface area contributed by atoms with Gasteiger partial charge in [-0.1, -0.05) is 35.9 Å². The van der Waals surface area contributed by atoms with Gasteiger partial charge in [-0.3, -0.25) is 0 Å². The number of carbonyl (C=O) groups is 1. The summed E-state index contributed by atoms with van der Waals surface area (Å²) < 4.78 is 0. The molecule has 0 saturated heterocycles. The molecule has 1 heterocycles. The van der Waals surface area contributed by atoms with E-state index in [9.17, 15) is 4.79 Å². The van der Waals surface area contributed by atoms with E-state index in [0.717, 1.165) is 18.4 Å². The van der Waals surface area contributed by atoms with Crippen molar-refractivity contribution in [1.29, 1.82) is 0 Å². The molecule has 18 heavy (non-hydrogen) atoms. The molecule has 2 nitrogen and oxygen atoms in total. The highest BCUT2D eigenvalue weighted by atomic mass is 35.5.